The van der Waals surface area contributed by atoms with Gasteiger partial charge in [-0.25, -0.2) is 9.78 Å². The first-order valence-electron chi connectivity index (χ1n) is 6.31. The molecule has 1 aliphatic rings. The molecule has 2 rings (SSSR count). The highest BCUT2D eigenvalue weighted by Crippen LogP contribution is 2.15. The number of carbonyl (C=O) groups is 2. The molecule has 0 aliphatic carbocycles. The van der Waals surface area contributed by atoms with Crippen LogP contribution in [0.2, 0.25) is 0 Å². The maximum Gasteiger partial charge on any atom is 0.326 e. The molecule has 3 unspecified atom stereocenters. The number of rotatable bonds is 5. The van der Waals surface area contributed by atoms with E-state index >= 15 is 0 Å². The molecule has 7 heteroatoms. The van der Waals surface area contributed by atoms with Crippen molar-refractivity contribution in [3.63, 3.8) is 0 Å². The van der Waals surface area contributed by atoms with Crippen molar-refractivity contribution in [3.8, 4) is 0 Å². The van der Waals surface area contributed by atoms with Crippen LogP contribution in [-0.2, 0) is 16.0 Å². The number of nitrogens with zero attached hydrogens (tertiary/aromatic N) is 1. The van der Waals surface area contributed by atoms with E-state index in [9.17, 15) is 9.59 Å². The Kier molecular flexibility index (Phi) is 4.16. The number of imidazole rings is 1. The molecule has 1 aromatic heterocycles. The minimum absolute atomic E-state index is 0.0848. The van der Waals surface area contributed by atoms with Gasteiger partial charge in [0.1, 0.15) is 6.04 Å². The molecule has 0 saturated carbocycles. The number of aromatic amines is 1. The summed E-state index contributed by atoms with van der Waals surface area (Å²) in [7, 11) is 0. The van der Waals surface area contributed by atoms with E-state index in [2.05, 4.69) is 20.6 Å². The minimum atomic E-state index is -1.04. The van der Waals surface area contributed by atoms with Gasteiger partial charge in [-0.15, -0.1) is 0 Å². The van der Waals surface area contributed by atoms with E-state index in [-0.39, 0.29) is 24.3 Å². The fourth-order valence-electron chi connectivity index (χ4n) is 2.31. The maximum atomic E-state index is 12.1. The first kappa shape index (κ1) is 13.5. The predicted octanol–water partition coefficient (Wildman–Crippen LogP) is -0.480. The molecule has 3 atom stereocenters. The van der Waals surface area contributed by atoms with Gasteiger partial charge < -0.3 is 20.7 Å². The summed E-state index contributed by atoms with van der Waals surface area (Å²) in [5.74, 6) is -1.41. The molecule has 0 aromatic carbocycles. The first-order chi connectivity index (χ1) is 9.08. The summed E-state index contributed by atoms with van der Waals surface area (Å²) in [6, 6.07) is -0.845. The highest BCUT2D eigenvalue weighted by atomic mass is 16.4. The molecule has 104 valence electrons. The molecule has 1 amide bonds. The number of carbonyl (C=O) groups excluding carboxylic acids is 1. The van der Waals surface area contributed by atoms with E-state index in [4.69, 9.17) is 5.11 Å². The lowest BCUT2D eigenvalue weighted by atomic mass is 10.0. The van der Waals surface area contributed by atoms with Gasteiger partial charge in [-0.05, 0) is 19.9 Å². The predicted molar refractivity (Wildman–Crippen MR) is 67.4 cm³/mol. The Bertz CT molecular complexity index is 446. The van der Waals surface area contributed by atoms with Crippen LogP contribution in [0.4, 0.5) is 0 Å². The van der Waals surface area contributed by atoms with Crippen LogP contribution in [0.5, 0.6) is 0 Å². The Balaban J connectivity index is 1.96. The zero-order valence-electron chi connectivity index (χ0n) is 10.7. The normalized spacial score (nSPS) is 24.1. The minimum Gasteiger partial charge on any atom is -0.480 e. The topological polar surface area (TPSA) is 107 Å². The van der Waals surface area contributed by atoms with Crippen LogP contribution < -0.4 is 10.6 Å². The van der Waals surface area contributed by atoms with Gasteiger partial charge in [0.2, 0.25) is 5.91 Å². The molecule has 0 bridgehead atoms. The molecule has 0 radical (unpaired) electrons. The molecular weight excluding hydrogens is 248 g/mol. The summed E-state index contributed by atoms with van der Waals surface area (Å²) in [6.07, 6.45) is 3.99. The van der Waals surface area contributed by atoms with Gasteiger partial charge in [-0.1, -0.05) is 0 Å². The number of nitrogens with one attached hydrogen (secondary N) is 3. The van der Waals surface area contributed by atoms with E-state index in [0.29, 0.717) is 5.69 Å². The summed E-state index contributed by atoms with van der Waals surface area (Å²) in [5, 5.41) is 14.9. The third kappa shape index (κ3) is 3.31. The molecule has 1 fully saturated rings. The number of hydrogen-bond donors (Lipinski definition) is 4. The van der Waals surface area contributed by atoms with Gasteiger partial charge in [0.15, 0.2) is 0 Å². The molecule has 0 spiro atoms. The average Bonchev–Trinajstić information content (AvgIpc) is 2.99. The number of amides is 1. The number of hydrogen-bond acceptors (Lipinski definition) is 4. The lowest BCUT2D eigenvalue weighted by molar-refractivity contribution is -0.142. The van der Waals surface area contributed by atoms with Crippen LogP contribution in [0.25, 0.3) is 0 Å². The van der Waals surface area contributed by atoms with Crippen LogP contribution in [-0.4, -0.2) is 45.6 Å². The van der Waals surface area contributed by atoms with Crippen LogP contribution in [0.15, 0.2) is 12.5 Å². The highest BCUT2D eigenvalue weighted by molar-refractivity contribution is 5.85. The van der Waals surface area contributed by atoms with E-state index in [1.165, 1.54) is 6.33 Å². The zero-order valence-corrected chi connectivity index (χ0v) is 10.7. The Morgan fingerprint density at radius 3 is 2.95 bits per heavy atom. The number of aromatic nitrogens is 2. The van der Waals surface area contributed by atoms with Crippen LogP contribution in [0.3, 0.4) is 0 Å². The fraction of sp³-hybridized carbons (Fsp3) is 0.583. The quantitative estimate of drug-likeness (QED) is 0.576. The summed E-state index contributed by atoms with van der Waals surface area (Å²) in [5.41, 5.74) is 0.685. The van der Waals surface area contributed by atoms with Gasteiger partial charge in [-0.2, -0.15) is 0 Å². The van der Waals surface area contributed by atoms with Crippen molar-refractivity contribution < 1.29 is 14.7 Å². The molecule has 2 heterocycles. The number of carboxylic acids is 1. The smallest absolute Gasteiger partial charge is 0.326 e. The highest BCUT2D eigenvalue weighted by Gasteiger charge is 2.32. The van der Waals surface area contributed by atoms with Gasteiger partial charge in [0.25, 0.3) is 0 Å². The van der Waals surface area contributed by atoms with E-state index in [1.807, 2.05) is 6.92 Å². The van der Waals surface area contributed by atoms with Crippen molar-refractivity contribution in [3.05, 3.63) is 18.2 Å². The Morgan fingerprint density at radius 1 is 1.63 bits per heavy atom. The monoisotopic (exact) mass is 266 g/mol. The summed E-state index contributed by atoms with van der Waals surface area (Å²) in [6.45, 7) is 2.72. The molecule has 4 N–H and O–H groups in total. The van der Waals surface area contributed by atoms with Crippen molar-refractivity contribution in [1.29, 1.82) is 0 Å². The lowest BCUT2D eigenvalue weighted by Crippen LogP contribution is -2.46. The second kappa shape index (κ2) is 5.83. The van der Waals surface area contributed by atoms with Crippen LogP contribution in [0, 0.1) is 5.92 Å². The van der Waals surface area contributed by atoms with Crippen molar-refractivity contribution in [2.75, 3.05) is 6.54 Å². The summed E-state index contributed by atoms with van der Waals surface area (Å²) < 4.78 is 0. The average molecular weight is 266 g/mol. The molecule has 1 saturated heterocycles. The lowest BCUT2D eigenvalue weighted by Gasteiger charge is -2.19. The van der Waals surface area contributed by atoms with Crippen molar-refractivity contribution in [1.82, 2.24) is 20.6 Å². The van der Waals surface area contributed by atoms with Crippen LogP contribution >= 0.6 is 0 Å². The number of H-pyrrole nitrogens is 1. The summed E-state index contributed by atoms with van der Waals surface area (Å²) in [4.78, 5) is 29.9. The zero-order chi connectivity index (χ0) is 13.8. The van der Waals surface area contributed by atoms with Gasteiger partial charge in [0, 0.05) is 24.4 Å². The van der Waals surface area contributed by atoms with Crippen molar-refractivity contribution in [2.24, 2.45) is 5.92 Å². The number of aliphatic carboxylic acids is 1. The van der Waals surface area contributed by atoms with E-state index < -0.39 is 12.0 Å². The largest absolute Gasteiger partial charge is 0.480 e. The first-order valence-corrected chi connectivity index (χ1v) is 6.31. The van der Waals surface area contributed by atoms with Crippen molar-refractivity contribution in [2.45, 2.75) is 31.8 Å². The second-order valence-corrected chi connectivity index (χ2v) is 4.82. The van der Waals surface area contributed by atoms with E-state index in [1.54, 1.807) is 6.20 Å². The number of carboxylic acid groups (broad SMARTS) is 1. The Morgan fingerprint density at radius 2 is 2.42 bits per heavy atom. The summed E-state index contributed by atoms with van der Waals surface area (Å²) >= 11 is 0. The third-order valence-corrected chi connectivity index (χ3v) is 3.46. The molecule has 7 nitrogen and oxygen atoms in total. The van der Waals surface area contributed by atoms with Gasteiger partial charge >= 0.3 is 5.97 Å². The molecule has 1 aliphatic heterocycles. The Labute approximate surface area is 110 Å². The van der Waals surface area contributed by atoms with Gasteiger partial charge in [0.05, 0.1) is 12.2 Å². The molecule has 19 heavy (non-hydrogen) atoms. The van der Waals surface area contributed by atoms with Crippen LogP contribution in [0.1, 0.15) is 19.0 Å². The molecular formula is C12H18N4O3. The molecule has 1 aromatic rings. The van der Waals surface area contributed by atoms with Crippen molar-refractivity contribution >= 4 is 11.9 Å². The van der Waals surface area contributed by atoms with Gasteiger partial charge in [-0.3, -0.25) is 4.79 Å². The SMILES string of the molecule is CC1NCCC1C(=O)NC(Cc1cnc[nH]1)C(=O)O. The third-order valence-electron chi connectivity index (χ3n) is 3.46. The maximum absolute atomic E-state index is 12.1. The van der Waals surface area contributed by atoms with E-state index in [0.717, 1.165) is 13.0 Å². The standard InChI is InChI=1S/C12H18N4O3/c1-7-9(2-3-14-7)11(17)16-10(12(18)19)4-8-5-13-6-15-8/h5-7,9-10,14H,2-4H2,1H3,(H,13,15)(H,16,17)(H,18,19). The fourth-order valence-corrected chi connectivity index (χ4v) is 2.31. The second-order valence-electron chi connectivity index (χ2n) is 4.82. The Hall–Kier alpha value is -1.89.